The summed E-state index contributed by atoms with van der Waals surface area (Å²) in [5.74, 6) is -0.826. The predicted octanol–water partition coefficient (Wildman–Crippen LogP) is 2.99. The Morgan fingerprint density at radius 2 is 1.02 bits per heavy atom. The fraction of sp³-hybridized carbons (Fsp3) is 0.462. The second-order valence-corrected chi connectivity index (χ2v) is 7.40. The summed E-state index contributed by atoms with van der Waals surface area (Å²) in [6, 6.07) is 5.76. The molecule has 0 atom stereocenters. The number of rotatable bonds is 18. The topological polar surface area (TPSA) is 145 Å². The average molecular weight is 571 g/mol. The Bertz CT molecular complexity index is 1020. The van der Waals surface area contributed by atoms with Crippen LogP contribution in [0.25, 0.3) is 0 Å². The molecule has 0 radical (unpaired) electrons. The average Bonchev–Trinajstić information content (AvgIpc) is 2.99. The van der Waals surface area contributed by atoms with Crippen molar-refractivity contribution in [3.63, 3.8) is 0 Å². The fourth-order valence-corrected chi connectivity index (χ4v) is 3.32. The molecule has 0 aliphatic carbocycles. The van der Waals surface area contributed by atoms with Crippen molar-refractivity contribution in [1.82, 2.24) is 0 Å². The molecule has 2 aromatic carbocycles. The van der Waals surface area contributed by atoms with Crippen LogP contribution in [0.5, 0.6) is 34.5 Å². The van der Waals surface area contributed by atoms with E-state index in [1.807, 2.05) is 6.92 Å². The Balaban J connectivity index is 2.16. The lowest BCUT2D eigenvalue weighted by atomic mass is 10.1. The van der Waals surface area contributed by atoms with Crippen molar-refractivity contribution < 1.29 is 67.0 Å². The summed E-state index contributed by atoms with van der Waals surface area (Å²) in [5, 5.41) is 0. The lowest BCUT2D eigenvalue weighted by molar-refractivity contribution is -0.427. The molecule has 14 nitrogen and oxygen atoms in total. The molecule has 0 N–H and O–H groups in total. The zero-order valence-electron chi connectivity index (χ0n) is 23.4. The number of hydrogen-bond acceptors (Lipinski definition) is 14. The summed E-state index contributed by atoms with van der Waals surface area (Å²) in [6.45, 7) is 2.47. The second-order valence-electron chi connectivity index (χ2n) is 7.40. The van der Waals surface area contributed by atoms with Gasteiger partial charge < -0.3 is 37.9 Å². The van der Waals surface area contributed by atoms with Crippen LogP contribution < -0.4 is 28.4 Å². The van der Waals surface area contributed by atoms with E-state index in [-0.39, 0.29) is 53.9 Å². The minimum absolute atomic E-state index is 0.0387. The maximum atomic E-state index is 12.8. The van der Waals surface area contributed by atoms with Gasteiger partial charge in [0.2, 0.25) is 11.5 Å². The van der Waals surface area contributed by atoms with Gasteiger partial charge in [-0.2, -0.15) is 0 Å². The van der Waals surface area contributed by atoms with Gasteiger partial charge >= 0.3 is 11.9 Å². The molecule has 0 fully saturated rings. The van der Waals surface area contributed by atoms with E-state index in [9.17, 15) is 9.59 Å². The Morgan fingerprint density at radius 3 is 1.40 bits per heavy atom. The summed E-state index contributed by atoms with van der Waals surface area (Å²) >= 11 is 0. The van der Waals surface area contributed by atoms with Crippen LogP contribution in [0.2, 0.25) is 0 Å². The Kier molecular flexibility index (Phi) is 13.6. The molecule has 0 heterocycles. The molecule has 0 aromatic heterocycles. The molecule has 0 saturated heterocycles. The molecule has 40 heavy (non-hydrogen) atoms. The van der Waals surface area contributed by atoms with Crippen molar-refractivity contribution in [1.29, 1.82) is 0 Å². The third-order valence-electron chi connectivity index (χ3n) is 5.14. The Morgan fingerprint density at radius 1 is 0.600 bits per heavy atom. The van der Waals surface area contributed by atoms with E-state index in [0.29, 0.717) is 18.1 Å². The first-order valence-corrected chi connectivity index (χ1v) is 11.9. The highest BCUT2D eigenvalue weighted by atomic mass is 17.3. The Hall–Kier alpha value is -3.98. The first-order chi connectivity index (χ1) is 19.4. The van der Waals surface area contributed by atoms with E-state index >= 15 is 0 Å². The van der Waals surface area contributed by atoms with Crippen LogP contribution in [0, 0.1) is 0 Å². The SMILES string of the molecule is CCOCCOCC(OOC(=O)c1ccc(OC)c(OC)c1OC)OOC(=O)c1ccc(OC)c(OC)c1OC. The van der Waals surface area contributed by atoms with Gasteiger partial charge in [-0.25, -0.2) is 9.59 Å². The monoisotopic (exact) mass is 570 g/mol. The van der Waals surface area contributed by atoms with Crippen LogP contribution in [0.15, 0.2) is 24.3 Å². The summed E-state index contributed by atoms with van der Waals surface area (Å²) < 4.78 is 42.2. The van der Waals surface area contributed by atoms with E-state index < -0.39 is 18.2 Å². The van der Waals surface area contributed by atoms with E-state index in [0.717, 1.165) is 0 Å². The molecule has 0 unspecified atom stereocenters. The number of hydrogen-bond donors (Lipinski definition) is 0. The number of carbonyl (C=O) groups is 2. The van der Waals surface area contributed by atoms with Crippen molar-refractivity contribution in [2.45, 2.75) is 13.2 Å². The van der Waals surface area contributed by atoms with Gasteiger partial charge in [0.05, 0.1) is 55.9 Å². The van der Waals surface area contributed by atoms with Gasteiger partial charge in [0, 0.05) is 6.61 Å². The normalized spacial score (nSPS) is 10.6. The summed E-state index contributed by atoms with van der Waals surface area (Å²) in [5.41, 5.74) is -0.0774. The van der Waals surface area contributed by atoms with Crippen molar-refractivity contribution in [2.24, 2.45) is 0 Å². The number of methoxy groups -OCH3 is 6. The zero-order valence-corrected chi connectivity index (χ0v) is 23.4. The smallest absolute Gasteiger partial charge is 0.377 e. The first-order valence-electron chi connectivity index (χ1n) is 11.9. The molecular weight excluding hydrogens is 536 g/mol. The minimum atomic E-state index is -1.49. The van der Waals surface area contributed by atoms with Crippen LogP contribution in [0.1, 0.15) is 27.6 Å². The third-order valence-corrected chi connectivity index (χ3v) is 5.14. The molecule has 0 amide bonds. The highest BCUT2D eigenvalue weighted by Gasteiger charge is 2.27. The molecule has 222 valence electrons. The van der Waals surface area contributed by atoms with E-state index in [4.69, 9.17) is 57.4 Å². The highest BCUT2D eigenvalue weighted by molar-refractivity contribution is 5.94. The molecule has 0 saturated carbocycles. The van der Waals surface area contributed by atoms with Crippen LogP contribution in [-0.4, -0.2) is 87.3 Å². The molecule has 0 bridgehead atoms. The van der Waals surface area contributed by atoms with Gasteiger partial charge in [-0.1, -0.05) is 0 Å². The van der Waals surface area contributed by atoms with Gasteiger partial charge in [-0.15, -0.1) is 9.78 Å². The first kappa shape index (κ1) is 32.2. The van der Waals surface area contributed by atoms with Gasteiger partial charge in [-0.05, 0) is 31.2 Å². The van der Waals surface area contributed by atoms with Crippen molar-refractivity contribution >= 4 is 11.9 Å². The van der Waals surface area contributed by atoms with Gasteiger partial charge in [0.25, 0.3) is 6.29 Å². The highest BCUT2D eigenvalue weighted by Crippen LogP contribution is 2.41. The molecule has 0 aliphatic rings. The second kappa shape index (κ2) is 16.9. The molecule has 0 spiro atoms. The molecule has 2 aromatic rings. The summed E-state index contributed by atoms with van der Waals surface area (Å²) in [4.78, 5) is 45.7. The van der Waals surface area contributed by atoms with Crippen molar-refractivity contribution in [2.75, 3.05) is 69.1 Å². The quantitative estimate of drug-likeness (QED) is 0.112. The molecule has 2 rings (SSSR count). The van der Waals surface area contributed by atoms with E-state index in [2.05, 4.69) is 0 Å². The largest absolute Gasteiger partial charge is 0.493 e. The summed E-state index contributed by atoms with van der Waals surface area (Å²) in [6.07, 6.45) is -1.49. The van der Waals surface area contributed by atoms with E-state index in [1.54, 1.807) is 0 Å². The van der Waals surface area contributed by atoms with Gasteiger partial charge in [-0.3, -0.25) is 9.78 Å². The predicted molar refractivity (Wildman–Crippen MR) is 136 cm³/mol. The maximum Gasteiger partial charge on any atom is 0.377 e. The van der Waals surface area contributed by atoms with Gasteiger partial charge in [0.15, 0.2) is 23.0 Å². The van der Waals surface area contributed by atoms with Gasteiger partial charge in [0.1, 0.15) is 17.7 Å². The lowest BCUT2D eigenvalue weighted by Crippen LogP contribution is -2.27. The standard InChI is InChI=1S/C26H34O14/c1-8-35-13-14-36-15-20(37-39-25(27)16-9-11-18(29-2)23(33-6)21(16)31-4)38-40-26(28)17-10-12-19(30-3)24(34-7)22(17)32-5/h9-12,20H,8,13-15H2,1-7H3. The zero-order chi connectivity index (χ0) is 29.5. The minimum Gasteiger partial charge on any atom is -0.493 e. The number of carbonyl (C=O) groups excluding carboxylic acids is 2. The number of ether oxygens (including phenoxy) is 8. The third kappa shape index (κ3) is 8.26. The summed E-state index contributed by atoms with van der Waals surface area (Å²) in [7, 11) is 8.33. The Labute approximate surface area is 231 Å². The molecule has 0 aliphatic heterocycles. The molecule has 14 heteroatoms. The van der Waals surface area contributed by atoms with Crippen LogP contribution in [-0.2, 0) is 29.0 Å². The van der Waals surface area contributed by atoms with Crippen molar-refractivity contribution in [3.8, 4) is 34.5 Å². The van der Waals surface area contributed by atoms with Crippen molar-refractivity contribution in [3.05, 3.63) is 35.4 Å². The lowest BCUT2D eigenvalue weighted by Gasteiger charge is -2.18. The van der Waals surface area contributed by atoms with Crippen LogP contribution in [0.3, 0.4) is 0 Å². The maximum absolute atomic E-state index is 12.8. The molecular formula is C26H34O14. The number of benzene rings is 2. The van der Waals surface area contributed by atoms with E-state index in [1.165, 1.54) is 66.9 Å². The fourth-order valence-electron chi connectivity index (χ4n) is 3.32. The van der Waals surface area contributed by atoms with Crippen LogP contribution in [0.4, 0.5) is 0 Å². The van der Waals surface area contributed by atoms with Crippen LogP contribution >= 0.6 is 0 Å².